The summed E-state index contributed by atoms with van der Waals surface area (Å²) in [4.78, 5) is 17.8. The fraction of sp³-hybridized carbons (Fsp3) is 0. The third-order valence-corrected chi connectivity index (χ3v) is 17.6. The van der Waals surface area contributed by atoms with E-state index in [2.05, 4.69) is 335 Å². The Kier molecular flexibility index (Phi) is 17.4. The predicted octanol–water partition coefficient (Wildman–Crippen LogP) is 24.3. The van der Waals surface area contributed by atoms with Crippen LogP contribution in [0.1, 0.15) is 0 Å². The molecule has 0 atom stereocenters. The maximum Gasteiger partial charge on any atom is 0.0702 e. The number of aromatic nitrogens is 4. The average Bonchev–Trinajstić information content (AvgIpc) is 0.855. The summed E-state index contributed by atoms with van der Waals surface area (Å²) in [7, 11) is 0. The molecule has 0 N–H and O–H groups in total. The lowest BCUT2D eigenvalue weighted by molar-refractivity contribution is 1.32. The van der Waals surface area contributed by atoms with Gasteiger partial charge < -0.3 is 0 Å². The lowest BCUT2D eigenvalue weighted by Gasteiger charge is -2.13. The number of pyridine rings is 4. The van der Waals surface area contributed by atoms with Gasteiger partial charge in [0.05, 0.1) is 5.69 Å². The van der Waals surface area contributed by atoms with Crippen molar-refractivity contribution in [2.45, 2.75) is 0 Å². The van der Waals surface area contributed by atoms with E-state index in [1.54, 1.807) is 0 Å². The van der Waals surface area contributed by atoms with E-state index in [-0.39, 0.29) is 0 Å². The minimum atomic E-state index is 0.947. The van der Waals surface area contributed by atoms with E-state index in [9.17, 15) is 0 Å². The number of nitrogens with zero attached hydrogens (tertiary/aromatic N) is 4. The van der Waals surface area contributed by atoms with Crippen molar-refractivity contribution in [3.8, 4) is 156 Å². The van der Waals surface area contributed by atoms with Gasteiger partial charge in [-0.05, 0) is 243 Å². The van der Waals surface area contributed by atoms with Crippen LogP contribution in [0, 0.1) is 0 Å². The smallest absolute Gasteiger partial charge is 0.0702 e. The Labute approximate surface area is 561 Å². The van der Waals surface area contributed by atoms with Gasteiger partial charge in [0.2, 0.25) is 0 Å². The highest BCUT2D eigenvalue weighted by Gasteiger charge is 2.14. The van der Waals surface area contributed by atoms with Crippen LogP contribution >= 0.6 is 0 Å². The molecule has 0 fully saturated rings. The number of rotatable bonds is 14. The van der Waals surface area contributed by atoms with Crippen LogP contribution in [0.4, 0.5) is 0 Å². The maximum absolute atomic E-state index is 4.65. The minimum Gasteiger partial charge on any atom is -0.264 e. The number of hydrogen-bond donors (Lipinski definition) is 0. The predicted molar refractivity (Wildman–Crippen MR) is 400 cm³/mol. The van der Waals surface area contributed by atoms with Gasteiger partial charge in [0.15, 0.2) is 0 Å². The van der Waals surface area contributed by atoms with E-state index in [0.717, 1.165) is 66.9 Å². The van der Waals surface area contributed by atoms with E-state index in [4.69, 9.17) is 0 Å². The van der Waals surface area contributed by atoms with E-state index < -0.39 is 0 Å². The summed E-state index contributed by atoms with van der Waals surface area (Å²) in [5.74, 6) is 0. The molecular weight excluding hydrogens is 1160 g/mol. The zero-order valence-corrected chi connectivity index (χ0v) is 52.7. The molecule has 16 rings (SSSR count). The molecule has 16 aromatic rings. The van der Waals surface area contributed by atoms with Gasteiger partial charge in [-0.1, -0.05) is 231 Å². The second-order valence-electron chi connectivity index (χ2n) is 23.9. The molecule has 0 radical (unpaired) electrons. The standard InChI is InChI=1S/2C46H32N2/c1-2-10-33(11-3-1)34-12-4-13-35(24-34)36-14-5-15-37(25-36)38-16-6-17-39(26-38)40-18-7-19-41(27-40)44-28-45(42-20-8-22-47-31-42)30-46(29-44)43-21-9-23-48-32-43;1-2-11-33(12-3-1)34-13-6-14-35(25-34)36-15-7-16-37(26-36)38-17-8-18-39(27-38)40-19-9-20-41(28-40)43-29-44(42-21-10-23-47-32-42)31-45(30-43)46-22-4-5-24-48-46/h2*1-32H. The van der Waals surface area contributed by atoms with Crippen LogP contribution in [-0.2, 0) is 0 Å². The van der Waals surface area contributed by atoms with Gasteiger partial charge in [-0.2, -0.15) is 0 Å². The summed E-state index contributed by atoms with van der Waals surface area (Å²) in [5, 5.41) is 0. The van der Waals surface area contributed by atoms with Crippen molar-refractivity contribution in [3.63, 3.8) is 0 Å². The van der Waals surface area contributed by atoms with E-state index in [1.165, 1.54) is 89.0 Å². The SMILES string of the molecule is c1ccc(-c2cccc(-c3cccc(-c4cccc(-c5cccc(-c6cc(-c7cccnc7)cc(-c7ccccn7)c6)c5)c4)c3)c2)cc1.c1ccc(-c2cccc(-c3cccc(-c4cccc(-c5cccc(-c6cc(-c7cccnc7)cc(-c7cccnc7)c6)c5)c4)c3)c2)cc1. The van der Waals surface area contributed by atoms with Gasteiger partial charge in [0.1, 0.15) is 0 Å². The van der Waals surface area contributed by atoms with Crippen molar-refractivity contribution in [3.05, 3.63) is 389 Å². The third-order valence-electron chi connectivity index (χ3n) is 17.6. The molecule has 12 aromatic carbocycles. The molecule has 0 saturated carbocycles. The van der Waals surface area contributed by atoms with Crippen molar-refractivity contribution in [1.29, 1.82) is 0 Å². The molecule has 0 saturated heterocycles. The topological polar surface area (TPSA) is 51.6 Å². The Hall–Kier alpha value is -12.8. The average molecular weight is 1230 g/mol. The summed E-state index contributed by atoms with van der Waals surface area (Å²) in [6.07, 6.45) is 13.0. The molecule has 4 heteroatoms. The molecule has 0 amide bonds. The molecule has 0 aliphatic rings. The van der Waals surface area contributed by atoms with E-state index >= 15 is 0 Å². The third kappa shape index (κ3) is 13.7. The largest absolute Gasteiger partial charge is 0.264 e. The number of benzene rings is 12. The molecule has 0 unspecified atom stereocenters. The van der Waals surface area contributed by atoms with Gasteiger partial charge >= 0.3 is 0 Å². The highest BCUT2D eigenvalue weighted by atomic mass is 14.7. The molecule has 4 heterocycles. The molecule has 0 aliphatic heterocycles. The molecule has 0 spiro atoms. The normalized spacial score (nSPS) is 10.9. The van der Waals surface area contributed by atoms with Crippen molar-refractivity contribution >= 4 is 0 Å². The first-order valence-electron chi connectivity index (χ1n) is 32.4. The Bertz CT molecular complexity index is 4880. The lowest BCUT2D eigenvalue weighted by Crippen LogP contribution is -1.89. The molecule has 0 bridgehead atoms. The van der Waals surface area contributed by atoms with Gasteiger partial charge in [-0.25, -0.2) is 0 Å². The Balaban J connectivity index is 0.000000158. The van der Waals surface area contributed by atoms with Crippen LogP contribution in [0.3, 0.4) is 0 Å². The fourth-order valence-electron chi connectivity index (χ4n) is 12.7. The maximum atomic E-state index is 4.65. The molecular formula is C92H64N4. The first-order chi connectivity index (χ1) is 47.5. The molecule has 96 heavy (non-hydrogen) atoms. The Morgan fingerprint density at radius 3 is 0.562 bits per heavy atom. The van der Waals surface area contributed by atoms with Crippen LogP contribution in [0.25, 0.3) is 156 Å². The van der Waals surface area contributed by atoms with Crippen LogP contribution in [-0.4, -0.2) is 19.9 Å². The molecule has 4 aromatic heterocycles. The number of hydrogen-bond acceptors (Lipinski definition) is 4. The summed E-state index contributed by atoms with van der Waals surface area (Å²) >= 11 is 0. The molecule has 0 aliphatic carbocycles. The summed E-state index contributed by atoms with van der Waals surface area (Å²) < 4.78 is 0. The van der Waals surface area contributed by atoms with Crippen LogP contribution in [0.2, 0.25) is 0 Å². The summed E-state index contributed by atoms with van der Waals surface area (Å²) in [5.41, 5.74) is 32.4. The van der Waals surface area contributed by atoms with Crippen molar-refractivity contribution < 1.29 is 0 Å². The molecule has 452 valence electrons. The summed E-state index contributed by atoms with van der Waals surface area (Å²) in [6.45, 7) is 0. The Morgan fingerprint density at radius 1 is 0.125 bits per heavy atom. The van der Waals surface area contributed by atoms with E-state index in [1.807, 2.05) is 73.7 Å². The second-order valence-corrected chi connectivity index (χ2v) is 23.9. The Morgan fingerprint density at radius 2 is 0.323 bits per heavy atom. The fourth-order valence-corrected chi connectivity index (χ4v) is 12.7. The van der Waals surface area contributed by atoms with Crippen molar-refractivity contribution in [2.75, 3.05) is 0 Å². The van der Waals surface area contributed by atoms with Crippen LogP contribution in [0.5, 0.6) is 0 Å². The highest BCUT2D eigenvalue weighted by Crippen LogP contribution is 2.39. The first-order valence-corrected chi connectivity index (χ1v) is 32.4. The monoisotopic (exact) mass is 1220 g/mol. The highest BCUT2D eigenvalue weighted by molar-refractivity contribution is 5.87. The van der Waals surface area contributed by atoms with Gasteiger partial charge in [0.25, 0.3) is 0 Å². The van der Waals surface area contributed by atoms with Crippen molar-refractivity contribution in [2.24, 2.45) is 0 Å². The lowest BCUT2D eigenvalue weighted by atomic mass is 9.92. The van der Waals surface area contributed by atoms with Gasteiger partial charge in [-0.3, -0.25) is 19.9 Å². The zero-order valence-electron chi connectivity index (χ0n) is 52.7. The van der Waals surface area contributed by atoms with Gasteiger partial charge in [-0.15, -0.1) is 0 Å². The minimum absolute atomic E-state index is 0.947. The first kappa shape index (κ1) is 59.5. The zero-order chi connectivity index (χ0) is 64.2. The van der Waals surface area contributed by atoms with Crippen LogP contribution < -0.4 is 0 Å². The van der Waals surface area contributed by atoms with Gasteiger partial charge in [0, 0.05) is 65.6 Å². The second kappa shape index (κ2) is 28.0. The van der Waals surface area contributed by atoms with Crippen molar-refractivity contribution in [1.82, 2.24) is 19.9 Å². The molecule has 4 nitrogen and oxygen atoms in total. The summed E-state index contributed by atoms with van der Waals surface area (Å²) in [6, 6.07) is 123. The quantitative estimate of drug-likeness (QED) is 0.109. The van der Waals surface area contributed by atoms with Crippen LogP contribution in [0.15, 0.2) is 389 Å². The van der Waals surface area contributed by atoms with E-state index in [0.29, 0.717) is 0 Å².